The van der Waals surface area contributed by atoms with E-state index in [0.29, 0.717) is 17.7 Å². The SMILES string of the molecule is COc1ccc2c(c1)C(=O)C(O)C2. The number of ether oxygens (including phenoxy) is 1. The summed E-state index contributed by atoms with van der Waals surface area (Å²) < 4.78 is 4.99. The molecule has 0 heterocycles. The first kappa shape index (κ1) is 8.26. The molecule has 2 rings (SSSR count). The summed E-state index contributed by atoms with van der Waals surface area (Å²) in [6.45, 7) is 0. The first-order chi connectivity index (χ1) is 6.22. The molecule has 3 nitrogen and oxygen atoms in total. The molecule has 0 spiro atoms. The zero-order valence-corrected chi connectivity index (χ0v) is 7.28. The molecule has 68 valence electrons. The van der Waals surface area contributed by atoms with Crippen molar-refractivity contribution in [3.8, 4) is 5.75 Å². The fraction of sp³-hybridized carbons (Fsp3) is 0.300. The zero-order chi connectivity index (χ0) is 9.42. The number of aliphatic hydroxyl groups excluding tert-OH is 1. The van der Waals surface area contributed by atoms with E-state index in [2.05, 4.69) is 0 Å². The van der Waals surface area contributed by atoms with Crippen molar-refractivity contribution >= 4 is 5.78 Å². The van der Waals surface area contributed by atoms with Crippen molar-refractivity contribution in [3.05, 3.63) is 29.3 Å². The molecule has 1 aromatic carbocycles. The monoisotopic (exact) mass is 178 g/mol. The zero-order valence-electron chi connectivity index (χ0n) is 7.28. The molecular weight excluding hydrogens is 168 g/mol. The van der Waals surface area contributed by atoms with E-state index in [-0.39, 0.29) is 5.78 Å². The fourth-order valence-electron chi connectivity index (χ4n) is 1.57. The molecule has 1 aromatic rings. The maximum absolute atomic E-state index is 11.4. The molecule has 1 N–H and O–H groups in total. The number of carbonyl (C=O) groups excluding carboxylic acids is 1. The lowest BCUT2D eigenvalue weighted by Crippen LogP contribution is -2.13. The van der Waals surface area contributed by atoms with Gasteiger partial charge in [0.2, 0.25) is 0 Å². The van der Waals surface area contributed by atoms with Gasteiger partial charge in [0.1, 0.15) is 11.9 Å². The van der Waals surface area contributed by atoms with Gasteiger partial charge in [-0.25, -0.2) is 0 Å². The highest BCUT2D eigenvalue weighted by molar-refractivity contribution is 6.04. The van der Waals surface area contributed by atoms with Crippen molar-refractivity contribution in [1.29, 1.82) is 0 Å². The van der Waals surface area contributed by atoms with Gasteiger partial charge < -0.3 is 9.84 Å². The minimum Gasteiger partial charge on any atom is -0.497 e. The third-order valence-electron chi connectivity index (χ3n) is 2.30. The third kappa shape index (κ3) is 1.21. The fourth-order valence-corrected chi connectivity index (χ4v) is 1.57. The maximum atomic E-state index is 11.4. The highest BCUT2D eigenvalue weighted by Gasteiger charge is 2.28. The molecule has 0 aliphatic heterocycles. The smallest absolute Gasteiger partial charge is 0.192 e. The molecular formula is C10H10O3. The second kappa shape index (κ2) is 2.85. The quantitative estimate of drug-likeness (QED) is 0.691. The van der Waals surface area contributed by atoms with E-state index in [4.69, 9.17) is 4.74 Å². The third-order valence-corrected chi connectivity index (χ3v) is 2.30. The van der Waals surface area contributed by atoms with Gasteiger partial charge in [0.05, 0.1) is 7.11 Å². The van der Waals surface area contributed by atoms with Crippen LogP contribution < -0.4 is 4.74 Å². The van der Waals surface area contributed by atoms with Crippen LogP contribution in [0.4, 0.5) is 0 Å². The van der Waals surface area contributed by atoms with E-state index in [1.807, 2.05) is 6.07 Å². The average molecular weight is 178 g/mol. The molecule has 0 aromatic heterocycles. The predicted molar refractivity (Wildman–Crippen MR) is 47.0 cm³/mol. The number of fused-ring (bicyclic) bond motifs is 1. The lowest BCUT2D eigenvalue weighted by atomic mass is 10.1. The largest absolute Gasteiger partial charge is 0.497 e. The topological polar surface area (TPSA) is 46.5 Å². The Balaban J connectivity index is 2.48. The van der Waals surface area contributed by atoms with E-state index in [0.717, 1.165) is 5.56 Å². The molecule has 1 atom stereocenters. The Bertz CT molecular complexity index is 357. The van der Waals surface area contributed by atoms with Crippen LogP contribution in [0.3, 0.4) is 0 Å². The summed E-state index contributed by atoms with van der Waals surface area (Å²) in [5.41, 5.74) is 1.49. The van der Waals surface area contributed by atoms with Crippen LogP contribution in [0.1, 0.15) is 15.9 Å². The van der Waals surface area contributed by atoms with Crippen LogP contribution >= 0.6 is 0 Å². The Morgan fingerprint density at radius 1 is 1.54 bits per heavy atom. The number of hydrogen-bond donors (Lipinski definition) is 1. The van der Waals surface area contributed by atoms with Crippen LogP contribution in [0.2, 0.25) is 0 Å². The van der Waals surface area contributed by atoms with Gasteiger partial charge in [-0.2, -0.15) is 0 Å². The molecule has 1 aliphatic rings. The van der Waals surface area contributed by atoms with Crippen LogP contribution in [0.5, 0.6) is 5.75 Å². The van der Waals surface area contributed by atoms with Gasteiger partial charge in [0, 0.05) is 12.0 Å². The molecule has 0 saturated heterocycles. The molecule has 1 unspecified atom stereocenters. The van der Waals surface area contributed by atoms with Gasteiger partial charge in [-0.15, -0.1) is 0 Å². The van der Waals surface area contributed by atoms with Crippen LogP contribution in [-0.2, 0) is 6.42 Å². The predicted octanol–water partition coefficient (Wildman–Crippen LogP) is 0.795. The summed E-state index contributed by atoms with van der Waals surface area (Å²) in [6, 6.07) is 5.29. The molecule has 0 radical (unpaired) electrons. The maximum Gasteiger partial charge on any atom is 0.192 e. The number of rotatable bonds is 1. The van der Waals surface area contributed by atoms with Crippen molar-refractivity contribution in [2.45, 2.75) is 12.5 Å². The summed E-state index contributed by atoms with van der Waals surface area (Å²) in [4.78, 5) is 11.4. The van der Waals surface area contributed by atoms with E-state index in [1.54, 1.807) is 19.2 Å². The van der Waals surface area contributed by atoms with Crippen molar-refractivity contribution < 1.29 is 14.6 Å². The molecule has 0 saturated carbocycles. The Morgan fingerprint density at radius 3 is 3.00 bits per heavy atom. The van der Waals surface area contributed by atoms with E-state index in [9.17, 15) is 9.90 Å². The number of carbonyl (C=O) groups is 1. The first-order valence-electron chi connectivity index (χ1n) is 4.11. The van der Waals surface area contributed by atoms with E-state index in [1.165, 1.54) is 0 Å². The number of benzene rings is 1. The number of ketones is 1. The Hall–Kier alpha value is -1.35. The van der Waals surface area contributed by atoms with Crippen molar-refractivity contribution in [2.75, 3.05) is 7.11 Å². The Labute approximate surface area is 76.0 Å². The lowest BCUT2D eigenvalue weighted by Gasteiger charge is -2.01. The van der Waals surface area contributed by atoms with Gasteiger partial charge in [-0.05, 0) is 17.7 Å². The minimum absolute atomic E-state index is 0.200. The van der Waals surface area contributed by atoms with Crippen LogP contribution in [0, 0.1) is 0 Å². The number of methoxy groups -OCH3 is 1. The van der Waals surface area contributed by atoms with Gasteiger partial charge in [0.15, 0.2) is 5.78 Å². The lowest BCUT2D eigenvalue weighted by molar-refractivity contribution is 0.0780. The highest BCUT2D eigenvalue weighted by atomic mass is 16.5. The van der Waals surface area contributed by atoms with Gasteiger partial charge in [-0.3, -0.25) is 4.79 Å². The van der Waals surface area contributed by atoms with Gasteiger partial charge in [-0.1, -0.05) is 6.07 Å². The molecule has 0 fully saturated rings. The highest BCUT2D eigenvalue weighted by Crippen LogP contribution is 2.26. The van der Waals surface area contributed by atoms with E-state index >= 15 is 0 Å². The average Bonchev–Trinajstić information content (AvgIpc) is 2.43. The summed E-state index contributed by atoms with van der Waals surface area (Å²) in [7, 11) is 1.55. The van der Waals surface area contributed by atoms with E-state index < -0.39 is 6.10 Å². The summed E-state index contributed by atoms with van der Waals surface area (Å²) in [6.07, 6.45) is -0.430. The summed E-state index contributed by atoms with van der Waals surface area (Å²) >= 11 is 0. The van der Waals surface area contributed by atoms with Gasteiger partial charge in [0.25, 0.3) is 0 Å². The standard InChI is InChI=1S/C10H10O3/c1-13-7-3-2-6-4-9(11)10(12)8(6)5-7/h2-3,5,9,11H,4H2,1H3. The van der Waals surface area contributed by atoms with Crippen molar-refractivity contribution in [3.63, 3.8) is 0 Å². The number of hydrogen-bond acceptors (Lipinski definition) is 3. The number of Topliss-reactive ketones (excluding diaryl/α,β-unsaturated/α-hetero) is 1. The Kier molecular flexibility index (Phi) is 1.81. The molecule has 1 aliphatic carbocycles. The molecule has 13 heavy (non-hydrogen) atoms. The summed E-state index contributed by atoms with van der Waals surface area (Å²) in [5.74, 6) is 0.454. The summed E-state index contributed by atoms with van der Waals surface area (Å²) in [5, 5.41) is 9.29. The molecule has 3 heteroatoms. The molecule has 0 amide bonds. The molecule has 0 bridgehead atoms. The van der Waals surface area contributed by atoms with Crippen molar-refractivity contribution in [2.24, 2.45) is 0 Å². The second-order valence-corrected chi connectivity index (χ2v) is 3.11. The second-order valence-electron chi connectivity index (χ2n) is 3.11. The van der Waals surface area contributed by atoms with Crippen LogP contribution in [0.25, 0.3) is 0 Å². The normalized spacial score (nSPS) is 20.2. The van der Waals surface area contributed by atoms with Crippen LogP contribution in [-0.4, -0.2) is 24.1 Å². The minimum atomic E-state index is -0.859. The first-order valence-corrected chi connectivity index (χ1v) is 4.11. The Morgan fingerprint density at radius 2 is 2.31 bits per heavy atom. The van der Waals surface area contributed by atoms with Crippen LogP contribution in [0.15, 0.2) is 18.2 Å². The number of aliphatic hydroxyl groups is 1. The van der Waals surface area contributed by atoms with Gasteiger partial charge >= 0.3 is 0 Å². The van der Waals surface area contributed by atoms with Crippen molar-refractivity contribution in [1.82, 2.24) is 0 Å².